The molecule has 7 nitrogen and oxygen atoms in total. The van der Waals surface area contributed by atoms with Crippen molar-refractivity contribution in [1.29, 1.82) is 0 Å². The van der Waals surface area contributed by atoms with Gasteiger partial charge in [-0.2, -0.15) is 0 Å². The molecule has 0 bridgehead atoms. The number of aromatic nitrogens is 1. The molecule has 4 rings (SSSR count). The van der Waals surface area contributed by atoms with Gasteiger partial charge in [0.05, 0.1) is 21.7 Å². The fourth-order valence-corrected chi connectivity index (χ4v) is 3.49. The third-order valence-electron chi connectivity index (χ3n) is 4.87. The predicted octanol–water partition coefficient (Wildman–Crippen LogP) is 6.16. The first-order valence-corrected chi connectivity index (χ1v) is 10.4. The van der Waals surface area contributed by atoms with E-state index >= 15 is 0 Å². The summed E-state index contributed by atoms with van der Waals surface area (Å²) >= 11 is 12.1. The van der Waals surface area contributed by atoms with Crippen LogP contribution in [0.1, 0.15) is 20.7 Å². The van der Waals surface area contributed by atoms with Crippen LogP contribution in [0.5, 0.6) is 0 Å². The van der Waals surface area contributed by atoms with Crippen molar-refractivity contribution < 1.29 is 19.2 Å². The van der Waals surface area contributed by atoms with E-state index in [1.165, 1.54) is 24.3 Å². The van der Waals surface area contributed by atoms with Crippen molar-refractivity contribution in [1.82, 2.24) is 4.98 Å². The van der Waals surface area contributed by atoms with Crippen LogP contribution in [-0.4, -0.2) is 28.3 Å². The van der Waals surface area contributed by atoms with Crippen LogP contribution in [0.4, 0.5) is 5.69 Å². The molecule has 1 aromatic heterocycles. The van der Waals surface area contributed by atoms with Gasteiger partial charge in [-0.15, -0.1) is 0 Å². The molecule has 0 aliphatic rings. The lowest BCUT2D eigenvalue weighted by molar-refractivity contribution is -0.384. The molecule has 0 radical (unpaired) electrons. The molecule has 164 valence electrons. The largest absolute Gasteiger partial charge is 0.454 e. The number of Topliss-reactive ketones (excluding diaryl/α,β-unsaturated/α-hetero) is 1. The Hall–Kier alpha value is -3.81. The molecular weight excluding hydrogens is 467 g/mol. The van der Waals surface area contributed by atoms with Gasteiger partial charge in [-0.05, 0) is 48.5 Å². The van der Waals surface area contributed by atoms with Crippen LogP contribution < -0.4 is 0 Å². The van der Waals surface area contributed by atoms with Crippen LogP contribution in [0.25, 0.3) is 22.2 Å². The normalized spacial score (nSPS) is 10.7. The Labute approximate surface area is 197 Å². The second-order valence-electron chi connectivity index (χ2n) is 7.03. The SMILES string of the molecule is O=C(COC(=O)c1cc(-c2ccc(Cl)cc2)nc2ccc(Cl)cc12)c1ccc([N+](=O)[O-])cc1. The smallest absolute Gasteiger partial charge is 0.339 e. The maximum Gasteiger partial charge on any atom is 0.339 e. The Morgan fingerprint density at radius 1 is 0.909 bits per heavy atom. The van der Waals surface area contributed by atoms with Crippen molar-refractivity contribution in [2.45, 2.75) is 0 Å². The van der Waals surface area contributed by atoms with E-state index in [9.17, 15) is 19.7 Å². The number of esters is 1. The van der Waals surface area contributed by atoms with Gasteiger partial charge in [0.1, 0.15) is 0 Å². The number of rotatable bonds is 6. The minimum absolute atomic E-state index is 0.140. The summed E-state index contributed by atoms with van der Waals surface area (Å²) in [6.45, 7) is -0.530. The molecular formula is C24H14Cl2N2O5. The Bertz CT molecular complexity index is 1390. The maximum atomic E-state index is 12.9. The number of fused-ring (bicyclic) bond motifs is 1. The quantitative estimate of drug-likeness (QED) is 0.142. The van der Waals surface area contributed by atoms with Crippen molar-refractivity contribution in [3.8, 4) is 11.3 Å². The van der Waals surface area contributed by atoms with Gasteiger partial charge in [0.15, 0.2) is 12.4 Å². The number of hydrogen-bond donors (Lipinski definition) is 0. The maximum absolute atomic E-state index is 12.9. The van der Waals surface area contributed by atoms with Gasteiger partial charge in [-0.25, -0.2) is 9.78 Å². The van der Waals surface area contributed by atoms with Gasteiger partial charge in [-0.3, -0.25) is 14.9 Å². The van der Waals surface area contributed by atoms with Gasteiger partial charge in [0.25, 0.3) is 5.69 Å². The lowest BCUT2D eigenvalue weighted by Crippen LogP contribution is -2.15. The number of carbonyl (C=O) groups is 2. The molecule has 0 atom stereocenters. The molecule has 0 aliphatic carbocycles. The number of non-ortho nitro benzene ring substituents is 1. The molecule has 0 saturated heterocycles. The van der Waals surface area contributed by atoms with Gasteiger partial charge in [0.2, 0.25) is 0 Å². The fourth-order valence-electron chi connectivity index (χ4n) is 3.20. The minimum atomic E-state index is -0.727. The topological polar surface area (TPSA) is 99.4 Å². The lowest BCUT2D eigenvalue weighted by Gasteiger charge is -2.10. The van der Waals surface area contributed by atoms with E-state index < -0.39 is 23.3 Å². The van der Waals surface area contributed by atoms with E-state index in [4.69, 9.17) is 27.9 Å². The lowest BCUT2D eigenvalue weighted by atomic mass is 10.0. The number of halogens is 2. The Morgan fingerprint density at radius 3 is 2.24 bits per heavy atom. The summed E-state index contributed by atoms with van der Waals surface area (Å²) in [5.41, 5.74) is 2.04. The van der Waals surface area contributed by atoms with Crippen molar-refractivity contribution in [2.24, 2.45) is 0 Å². The van der Waals surface area contributed by atoms with Crippen molar-refractivity contribution in [3.63, 3.8) is 0 Å². The molecule has 0 unspecified atom stereocenters. The molecule has 9 heteroatoms. The Morgan fingerprint density at radius 2 is 1.58 bits per heavy atom. The summed E-state index contributed by atoms with van der Waals surface area (Å²) in [5, 5.41) is 12.2. The molecule has 0 spiro atoms. The van der Waals surface area contributed by atoms with Crippen LogP contribution in [0.2, 0.25) is 10.0 Å². The second kappa shape index (κ2) is 9.36. The predicted molar refractivity (Wildman–Crippen MR) is 125 cm³/mol. The standard InChI is InChI=1S/C24H14Cl2N2O5/c25-16-5-1-14(2-6-16)22-12-20(19-11-17(26)7-10-21(19)27-22)24(30)33-13-23(29)15-3-8-18(9-4-15)28(31)32/h1-12H,13H2. The average Bonchev–Trinajstić information content (AvgIpc) is 2.82. The highest BCUT2D eigenvalue weighted by Gasteiger charge is 2.18. The Kier molecular flexibility index (Phi) is 6.35. The molecule has 3 aromatic carbocycles. The monoisotopic (exact) mass is 480 g/mol. The number of hydrogen-bond acceptors (Lipinski definition) is 6. The van der Waals surface area contributed by atoms with E-state index in [1.807, 2.05) is 0 Å². The summed E-state index contributed by atoms with van der Waals surface area (Å²) in [5.74, 6) is -1.22. The van der Waals surface area contributed by atoms with E-state index in [0.717, 1.165) is 5.56 Å². The molecule has 33 heavy (non-hydrogen) atoms. The zero-order chi connectivity index (χ0) is 23.5. The highest BCUT2D eigenvalue weighted by atomic mass is 35.5. The highest BCUT2D eigenvalue weighted by molar-refractivity contribution is 6.31. The van der Waals surface area contributed by atoms with Crippen molar-refractivity contribution in [2.75, 3.05) is 6.61 Å². The van der Waals surface area contributed by atoms with Gasteiger partial charge in [-0.1, -0.05) is 35.3 Å². The van der Waals surface area contributed by atoms with Gasteiger partial charge < -0.3 is 4.74 Å². The zero-order valence-electron chi connectivity index (χ0n) is 16.8. The summed E-state index contributed by atoms with van der Waals surface area (Å²) < 4.78 is 5.27. The van der Waals surface area contributed by atoms with Crippen LogP contribution in [0.15, 0.2) is 72.8 Å². The number of nitrogens with zero attached hydrogens (tertiary/aromatic N) is 2. The first-order valence-electron chi connectivity index (χ1n) is 9.63. The van der Waals surface area contributed by atoms with Crippen LogP contribution in [0, 0.1) is 10.1 Å². The van der Waals surface area contributed by atoms with Crippen molar-refractivity contribution >= 4 is 51.5 Å². The number of pyridine rings is 1. The molecule has 0 N–H and O–H groups in total. The first-order chi connectivity index (χ1) is 15.8. The van der Waals surface area contributed by atoms with Crippen LogP contribution in [0.3, 0.4) is 0 Å². The molecule has 4 aromatic rings. The number of ketones is 1. The molecule has 1 heterocycles. The Balaban J connectivity index is 1.62. The summed E-state index contributed by atoms with van der Waals surface area (Å²) in [7, 11) is 0. The third kappa shape index (κ3) is 5.00. The number of nitro groups is 1. The number of ether oxygens (including phenoxy) is 1. The summed E-state index contributed by atoms with van der Waals surface area (Å²) in [6.07, 6.45) is 0. The number of carbonyl (C=O) groups excluding carboxylic acids is 2. The molecule has 0 aliphatic heterocycles. The molecule has 0 saturated carbocycles. The molecule has 0 amide bonds. The van der Waals surface area contributed by atoms with Gasteiger partial charge >= 0.3 is 5.97 Å². The van der Waals surface area contributed by atoms with E-state index in [-0.39, 0.29) is 16.8 Å². The van der Waals surface area contributed by atoms with E-state index in [0.29, 0.717) is 26.6 Å². The van der Waals surface area contributed by atoms with Crippen LogP contribution in [-0.2, 0) is 4.74 Å². The van der Waals surface area contributed by atoms with E-state index in [1.54, 1.807) is 48.5 Å². The van der Waals surface area contributed by atoms with Gasteiger partial charge in [0, 0.05) is 38.7 Å². The van der Waals surface area contributed by atoms with Crippen LogP contribution >= 0.6 is 23.2 Å². The van der Waals surface area contributed by atoms with Crippen molar-refractivity contribution in [3.05, 3.63) is 104 Å². The summed E-state index contributed by atoms with van der Waals surface area (Å²) in [4.78, 5) is 40.1. The molecule has 0 fully saturated rings. The highest BCUT2D eigenvalue weighted by Crippen LogP contribution is 2.28. The fraction of sp³-hybridized carbons (Fsp3) is 0.0417. The third-order valence-corrected chi connectivity index (χ3v) is 5.35. The number of nitro benzene ring substituents is 1. The average molecular weight is 481 g/mol. The second-order valence-corrected chi connectivity index (χ2v) is 7.90. The van der Waals surface area contributed by atoms with E-state index in [2.05, 4.69) is 4.98 Å². The summed E-state index contributed by atoms with van der Waals surface area (Å²) in [6, 6.07) is 18.6. The zero-order valence-corrected chi connectivity index (χ0v) is 18.3. The number of benzene rings is 3. The minimum Gasteiger partial charge on any atom is -0.454 e. The first kappa shape index (κ1) is 22.4.